The van der Waals surface area contributed by atoms with Crippen LogP contribution in [0.5, 0.6) is 0 Å². The van der Waals surface area contributed by atoms with Gasteiger partial charge in [-0.05, 0) is 51.0 Å². The molecule has 5 N–H and O–H groups in total. The number of aliphatic hydroxyl groups is 2. The molecule has 180 valence electrons. The minimum absolute atomic E-state index is 0.127. The van der Waals surface area contributed by atoms with E-state index < -0.39 is 30.4 Å². The highest BCUT2D eigenvalue weighted by Gasteiger charge is 2.47. The third kappa shape index (κ3) is 3.43. The van der Waals surface area contributed by atoms with E-state index in [9.17, 15) is 15.0 Å². The topological polar surface area (TPSA) is 146 Å². The zero-order valence-corrected chi connectivity index (χ0v) is 19.7. The maximum Gasteiger partial charge on any atom is 0.251 e. The number of nitrogens with zero attached hydrogens (tertiary/aromatic N) is 4. The zero-order valence-electron chi connectivity index (χ0n) is 19.7. The Morgan fingerprint density at radius 3 is 2.56 bits per heavy atom. The van der Waals surface area contributed by atoms with Crippen molar-refractivity contribution < 1.29 is 19.7 Å². The molecule has 0 spiro atoms. The summed E-state index contributed by atoms with van der Waals surface area (Å²) in [6.07, 6.45) is -2.10. The average Bonchev–Trinajstić information content (AvgIpc) is 3.39. The molecule has 2 aliphatic heterocycles. The van der Waals surface area contributed by atoms with Crippen LogP contribution in [0.4, 0.5) is 11.5 Å². The molecule has 1 fully saturated rings. The molecule has 0 unspecified atom stereocenters. The Labute approximate surface area is 196 Å². The van der Waals surface area contributed by atoms with E-state index in [0.29, 0.717) is 17.0 Å². The van der Waals surface area contributed by atoms with Gasteiger partial charge in [0.1, 0.15) is 18.5 Å². The monoisotopic (exact) mass is 467 g/mol. The van der Waals surface area contributed by atoms with Crippen molar-refractivity contribution in [3.63, 3.8) is 0 Å². The van der Waals surface area contributed by atoms with Crippen molar-refractivity contribution in [1.82, 2.24) is 30.2 Å². The predicted octanol–water partition coefficient (Wildman–Crippen LogP) is 1.01. The lowest BCUT2D eigenvalue weighted by atomic mass is 9.90. The number of carbonyl (C=O) groups excluding carboxylic acids is 1. The lowest BCUT2D eigenvalue weighted by molar-refractivity contribution is -0.137. The first-order valence-corrected chi connectivity index (χ1v) is 11.2. The lowest BCUT2D eigenvalue weighted by Crippen LogP contribution is -2.41. The van der Waals surface area contributed by atoms with E-state index in [4.69, 9.17) is 4.74 Å². The predicted molar refractivity (Wildman–Crippen MR) is 124 cm³/mol. The summed E-state index contributed by atoms with van der Waals surface area (Å²) in [5, 5.41) is 30.2. The number of likely N-dealkylation sites (N-methyl/N-ethyl adjacent to an activating group) is 1. The van der Waals surface area contributed by atoms with Crippen molar-refractivity contribution in [2.24, 2.45) is 0 Å². The summed E-state index contributed by atoms with van der Waals surface area (Å²) in [4.78, 5) is 25.1. The van der Waals surface area contributed by atoms with Crippen LogP contribution in [0.2, 0.25) is 0 Å². The van der Waals surface area contributed by atoms with Gasteiger partial charge in [0.2, 0.25) is 0 Å². The Morgan fingerprint density at radius 1 is 1.09 bits per heavy atom. The summed E-state index contributed by atoms with van der Waals surface area (Å²) < 4.78 is 7.16. The molecule has 1 saturated heterocycles. The van der Waals surface area contributed by atoms with Gasteiger partial charge in [0.25, 0.3) is 5.91 Å². The van der Waals surface area contributed by atoms with Crippen molar-refractivity contribution in [2.75, 3.05) is 12.4 Å². The van der Waals surface area contributed by atoms with Gasteiger partial charge < -0.3 is 25.6 Å². The third-order valence-electron chi connectivity index (χ3n) is 6.63. The molecule has 11 heteroatoms. The fourth-order valence-corrected chi connectivity index (χ4v) is 5.11. The van der Waals surface area contributed by atoms with E-state index in [2.05, 4.69) is 70.7 Å². The van der Waals surface area contributed by atoms with Crippen molar-refractivity contribution in [2.45, 2.75) is 63.3 Å². The van der Waals surface area contributed by atoms with Gasteiger partial charge in [0, 0.05) is 23.8 Å². The minimum atomic E-state index is -1.38. The van der Waals surface area contributed by atoms with Gasteiger partial charge in [-0.2, -0.15) is 0 Å². The van der Waals surface area contributed by atoms with Crippen LogP contribution in [-0.2, 0) is 20.6 Å². The molecule has 2 aliphatic rings. The number of ether oxygens (including phenoxy) is 1. The van der Waals surface area contributed by atoms with Crippen molar-refractivity contribution in [1.29, 1.82) is 0 Å². The number of carbonyl (C=O) groups is 1. The number of hydrogen-bond donors (Lipinski definition) is 5. The van der Waals surface area contributed by atoms with Gasteiger partial charge in [0.05, 0.1) is 6.33 Å². The zero-order chi connectivity index (χ0) is 24.4. The van der Waals surface area contributed by atoms with Crippen LogP contribution >= 0.6 is 0 Å². The Balaban J connectivity index is 1.47. The van der Waals surface area contributed by atoms with Crippen LogP contribution in [0.15, 0.2) is 30.9 Å². The number of aromatic nitrogens is 4. The normalized spacial score (nSPS) is 27.0. The Bertz CT molecular complexity index is 1270. The van der Waals surface area contributed by atoms with E-state index in [0.717, 1.165) is 5.69 Å². The first-order chi connectivity index (χ1) is 16.0. The second-order valence-corrected chi connectivity index (χ2v) is 9.85. The Hall–Kier alpha value is -3.12. The standard InChI is InChI=1S/C23H29N7O4/c1-22(2)12-7-6-11(8-13(12)23(3,4)29-22)28-18-14-19(26-9-25-18)30(10-27-14)21-16(32)15(31)17(34-21)20(33)24-5/h6-10,15-17,21,29,31-32H,1-5H3,(H,24,33)(H,25,26,28)/t15-,16+,17-,21+/m0/s1. The van der Waals surface area contributed by atoms with Gasteiger partial charge in [-0.15, -0.1) is 0 Å². The number of rotatable bonds is 4. The SMILES string of the molecule is CNC(=O)[C@H]1O[C@@H](n2cnc3c(Nc4ccc5c(c4)C(C)(C)NC5(C)C)ncnc32)[C@H](O)[C@@H]1O. The highest BCUT2D eigenvalue weighted by atomic mass is 16.6. The average molecular weight is 468 g/mol. The Kier molecular flexibility index (Phi) is 5.13. The quantitative estimate of drug-likeness (QED) is 0.379. The maximum absolute atomic E-state index is 12.0. The summed E-state index contributed by atoms with van der Waals surface area (Å²) in [6.45, 7) is 8.64. The fraction of sp³-hybridized carbons (Fsp3) is 0.478. The minimum Gasteiger partial charge on any atom is -0.387 e. The number of fused-ring (bicyclic) bond motifs is 2. The van der Waals surface area contributed by atoms with Crippen LogP contribution in [0, 0.1) is 0 Å². The first kappa shape index (κ1) is 22.7. The van der Waals surface area contributed by atoms with E-state index >= 15 is 0 Å². The van der Waals surface area contributed by atoms with E-state index in [-0.39, 0.29) is 11.1 Å². The summed E-state index contributed by atoms with van der Waals surface area (Å²) in [5.41, 5.74) is 3.86. The smallest absolute Gasteiger partial charge is 0.251 e. The second-order valence-electron chi connectivity index (χ2n) is 9.85. The molecule has 0 aliphatic carbocycles. The number of amides is 1. The number of imidazole rings is 1. The van der Waals surface area contributed by atoms with Gasteiger partial charge >= 0.3 is 0 Å². The second kappa shape index (κ2) is 7.70. The van der Waals surface area contributed by atoms with Crippen LogP contribution < -0.4 is 16.0 Å². The largest absolute Gasteiger partial charge is 0.387 e. The number of anilines is 2. The molecule has 3 aromatic rings. The van der Waals surface area contributed by atoms with Crippen molar-refractivity contribution in [3.05, 3.63) is 42.0 Å². The molecule has 2 aromatic heterocycles. The summed E-state index contributed by atoms with van der Waals surface area (Å²) in [6, 6.07) is 6.22. The van der Waals surface area contributed by atoms with Gasteiger partial charge in [0.15, 0.2) is 29.3 Å². The maximum atomic E-state index is 12.0. The summed E-state index contributed by atoms with van der Waals surface area (Å²) in [7, 11) is 1.44. The van der Waals surface area contributed by atoms with Crippen LogP contribution in [0.3, 0.4) is 0 Å². The molecular formula is C23H29N7O4. The van der Waals surface area contributed by atoms with Crippen LogP contribution in [-0.4, -0.2) is 61.0 Å². The van der Waals surface area contributed by atoms with Gasteiger partial charge in [-0.3, -0.25) is 14.7 Å². The van der Waals surface area contributed by atoms with E-state index in [1.54, 1.807) is 0 Å². The van der Waals surface area contributed by atoms with Gasteiger partial charge in [-0.1, -0.05) is 6.07 Å². The van der Waals surface area contributed by atoms with E-state index in [1.807, 2.05) is 6.07 Å². The number of nitrogens with one attached hydrogen (secondary N) is 3. The van der Waals surface area contributed by atoms with Gasteiger partial charge in [-0.25, -0.2) is 15.0 Å². The van der Waals surface area contributed by atoms with Crippen molar-refractivity contribution in [3.8, 4) is 0 Å². The van der Waals surface area contributed by atoms with Crippen molar-refractivity contribution >= 4 is 28.6 Å². The molecule has 0 saturated carbocycles. The third-order valence-corrected chi connectivity index (χ3v) is 6.63. The first-order valence-electron chi connectivity index (χ1n) is 11.2. The summed E-state index contributed by atoms with van der Waals surface area (Å²) >= 11 is 0. The molecule has 1 aromatic carbocycles. The van der Waals surface area contributed by atoms with E-state index in [1.165, 1.54) is 35.4 Å². The molecule has 4 atom stereocenters. The van der Waals surface area contributed by atoms with Crippen LogP contribution in [0.1, 0.15) is 45.0 Å². The number of hydrogen-bond acceptors (Lipinski definition) is 9. The molecule has 4 heterocycles. The molecule has 1 amide bonds. The number of benzene rings is 1. The fourth-order valence-electron chi connectivity index (χ4n) is 5.11. The molecule has 11 nitrogen and oxygen atoms in total. The molecule has 5 rings (SSSR count). The highest BCUT2D eigenvalue weighted by molar-refractivity contribution is 5.85. The molecule has 34 heavy (non-hydrogen) atoms. The number of aliphatic hydroxyl groups excluding tert-OH is 2. The summed E-state index contributed by atoms with van der Waals surface area (Å²) in [5.74, 6) is -0.0322. The highest BCUT2D eigenvalue weighted by Crippen LogP contribution is 2.42. The van der Waals surface area contributed by atoms with Crippen LogP contribution in [0.25, 0.3) is 11.2 Å². The Morgan fingerprint density at radius 2 is 1.82 bits per heavy atom. The molecular weight excluding hydrogens is 438 g/mol. The molecule has 0 bridgehead atoms. The lowest BCUT2D eigenvalue weighted by Gasteiger charge is -2.25. The molecule has 0 radical (unpaired) electrons.